The number of carbonyl (C=O) groups is 1. The van der Waals surface area contributed by atoms with E-state index in [1.54, 1.807) is 12.3 Å². The Morgan fingerprint density at radius 1 is 1.06 bits per heavy atom. The minimum Gasteiger partial charge on any atom is -0.356 e. The van der Waals surface area contributed by atoms with E-state index in [1.165, 1.54) is 23.5 Å². The molecule has 1 amide bonds. The number of nitrogens with zero attached hydrogens (tertiary/aromatic N) is 6. The van der Waals surface area contributed by atoms with Crippen LogP contribution in [0.3, 0.4) is 0 Å². The van der Waals surface area contributed by atoms with E-state index >= 15 is 0 Å². The Bertz CT molecular complexity index is 1070. The first kappa shape index (κ1) is 19.5. The summed E-state index contributed by atoms with van der Waals surface area (Å²) in [5.74, 6) is -0.118. The Hall–Kier alpha value is -3.41. The number of fused-ring (bicyclic) bond motifs is 1. The molecular weight excluding hydrogens is 402 g/mol. The van der Waals surface area contributed by atoms with Gasteiger partial charge in [-0.1, -0.05) is 0 Å². The molecule has 9 heteroatoms. The lowest BCUT2D eigenvalue weighted by atomic mass is 10.0. The Balaban J connectivity index is 1.26. The van der Waals surface area contributed by atoms with Crippen LogP contribution < -0.4 is 4.90 Å². The van der Waals surface area contributed by atoms with Crippen LogP contribution in [0.2, 0.25) is 0 Å². The Kier molecular flexibility index (Phi) is 4.85. The molecule has 2 fully saturated rings. The second-order valence-electron chi connectivity index (χ2n) is 8.40. The van der Waals surface area contributed by atoms with E-state index in [-0.39, 0.29) is 11.8 Å². The molecule has 1 aromatic carbocycles. The van der Waals surface area contributed by atoms with Gasteiger partial charge >= 0.3 is 0 Å². The number of hydrazone groups is 1. The van der Waals surface area contributed by atoms with Crippen LogP contribution in [0.25, 0.3) is 0 Å². The predicted octanol–water partition coefficient (Wildman–Crippen LogP) is 3.05. The number of benzene rings is 1. The lowest BCUT2D eigenvalue weighted by molar-refractivity contribution is -0.137. The van der Waals surface area contributed by atoms with Crippen LogP contribution in [-0.2, 0) is 4.79 Å². The fraction of sp³-hybridized carbons (Fsp3) is 0.409. The van der Waals surface area contributed by atoms with Crippen LogP contribution in [0, 0.1) is 40.7 Å². The number of amides is 1. The number of halogens is 2. The number of rotatable bonds is 3. The molecule has 4 atom stereocenters. The van der Waals surface area contributed by atoms with Crippen LogP contribution in [0.5, 0.6) is 0 Å². The highest BCUT2D eigenvalue weighted by Gasteiger charge is 2.46. The van der Waals surface area contributed by atoms with E-state index < -0.39 is 17.7 Å². The van der Waals surface area contributed by atoms with Crippen molar-refractivity contribution in [2.45, 2.75) is 25.3 Å². The van der Waals surface area contributed by atoms with Crippen molar-refractivity contribution in [2.75, 3.05) is 18.0 Å². The number of hydrogen-bond acceptors (Lipinski definition) is 6. The lowest BCUT2D eigenvalue weighted by Gasteiger charge is -2.26. The molecule has 1 saturated carbocycles. The number of hydrogen-bond donors (Lipinski definition) is 0. The van der Waals surface area contributed by atoms with E-state index in [2.05, 4.69) is 20.0 Å². The summed E-state index contributed by atoms with van der Waals surface area (Å²) < 4.78 is 27.4. The van der Waals surface area contributed by atoms with E-state index in [9.17, 15) is 13.6 Å². The first-order valence-corrected chi connectivity index (χ1v) is 10.3. The van der Waals surface area contributed by atoms with Gasteiger partial charge in [0.1, 0.15) is 35.5 Å². The molecule has 5 rings (SSSR count). The zero-order chi connectivity index (χ0) is 21.5. The Labute approximate surface area is 178 Å². The molecule has 1 saturated heterocycles. The molecule has 2 aromatic rings. The predicted molar refractivity (Wildman–Crippen MR) is 108 cm³/mol. The summed E-state index contributed by atoms with van der Waals surface area (Å²) in [7, 11) is 0. The van der Waals surface area contributed by atoms with Crippen molar-refractivity contribution < 1.29 is 13.6 Å². The zero-order valence-corrected chi connectivity index (χ0v) is 16.7. The van der Waals surface area contributed by atoms with Gasteiger partial charge in [0.15, 0.2) is 0 Å². The van der Waals surface area contributed by atoms with Gasteiger partial charge in [0.05, 0.1) is 6.04 Å². The lowest BCUT2D eigenvalue weighted by Crippen LogP contribution is -2.33. The van der Waals surface area contributed by atoms with E-state index in [1.807, 2.05) is 6.07 Å². The molecule has 0 bridgehead atoms. The normalized spacial score (nSPS) is 26.9. The summed E-state index contributed by atoms with van der Waals surface area (Å²) in [5, 5.41) is 14.7. The molecule has 7 nitrogen and oxygen atoms in total. The average Bonchev–Trinajstić information content (AvgIpc) is 3.47. The zero-order valence-electron chi connectivity index (χ0n) is 16.7. The van der Waals surface area contributed by atoms with Gasteiger partial charge in [-0.15, -0.1) is 0 Å². The number of nitriles is 1. The van der Waals surface area contributed by atoms with E-state index in [0.29, 0.717) is 29.5 Å². The van der Waals surface area contributed by atoms with Crippen molar-refractivity contribution in [1.29, 1.82) is 5.26 Å². The molecule has 0 N–H and O–H groups in total. The summed E-state index contributed by atoms with van der Waals surface area (Å²) >= 11 is 0. The highest BCUT2D eigenvalue weighted by molar-refractivity contribution is 5.82. The van der Waals surface area contributed by atoms with Crippen molar-refractivity contribution in [2.24, 2.45) is 22.9 Å². The van der Waals surface area contributed by atoms with Gasteiger partial charge in [0.2, 0.25) is 5.91 Å². The van der Waals surface area contributed by atoms with Crippen LogP contribution in [0.15, 0.2) is 35.7 Å². The van der Waals surface area contributed by atoms with Crippen molar-refractivity contribution in [3.8, 4) is 6.07 Å². The second kappa shape index (κ2) is 7.69. The molecule has 158 valence electrons. The fourth-order valence-corrected chi connectivity index (χ4v) is 5.13. The largest absolute Gasteiger partial charge is 0.356 e. The molecular formula is C22H20F2N6O. The molecule has 3 heterocycles. The van der Waals surface area contributed by atoms with Crippen LogP contribution in [-0.4, -0.2) is 40.2 Å². The van der Waals surface area contributed by atoms with Crippen LogP contribution >= 0.6 is 0 Å². The summed E-state index contributed by atoms with van der Waals surface area (Å²) in [4.78, 5) is 23.6. The van der Waals surface area contributed by atoms with Gasteiger partial charge in [-0.25, -0.2) is 23.8 Å². The minimum atomic E-state index is -0.658. The third-order valence-electron chi connectivity index (χ3n) is 6.52. The molecule has 0 radical (unpaired) electrons. The summed E-state index contributed by atoms with van der Waals surface area (Å²) in [5.41, 5.74) is 0.756. The number of anilines is 1. The second-order valence-corrected chi connectivity index (χ2v) is 8.40. The summed E-state index contributed by atoms with van der Waals surface area (Å²) in [6.45, 7) is 1.55. The van der Waals surface area contributed by atoms with Gasteiger partial charge < -0.3 is 4.90 Å². The summed E-state index contributed by atoms with van der Waals surface area (Å²) in [6, 6.07) is 6.60. The monoisotopic (exact) mass is 422 g/mol. The molecule has 3 aliphatic rings. The molecule has 0 spiro atoms. The van der Waals surface area contributed by atoms with Gasteiger partial charge in [0.25, 0.3) is 0 Å². The molecule has 1 aliphatic carbocycles. The standard InChI is InChI=1S/C22H20F2N6O/c23-17-5-13(6-18(24)7-17)20-1-2-28-30(20)22(31)14-3-15-10-29(11-16(15)4-14)21-8-19(9-25)26-12-27-21/h2,5-8,12,14-16,20H,1,3-4,10-11H2/t14?,15-,16+,20-/m1/s1. The van der Waals surface area contributed by atoms with Gasteiger partial charge in [0, 0.05) is 43.8 Å². The third kappa shape index (κ3) is 3.63. The number of aromatic nitrogens is 2. The van der Waals surface area contributed by atoms with Crippen molar-refractivity contribution >= 4 is 17.9 Å². The summed E-state index contributed by atoms with van der Waals surface area (Å²) in [6.07, 6.45) is 4.95. The molecule has 1 aromatic heterocycles. The maximum atomic E-state index is 13.7. The van der Waals surface area contributed by atoms with Crippen molar-refractivity contribution in [1.82, 2.24) is 15.0 Å². The SMILES string of the molecule is N#Cc1cc(N2C[C@H]3CC(C(=O)N4N=CC[C@@H]4c4cc(F)cc(F)c4)C[C@H]3C2)ncn1. The van der Waals surface area contributed by atoms with E-state index in [0.717, 1.165) is 37.8 Å². The molecule has 2 aliphatic heterocycles. The Morgan fingerprint density at radius 2 is 1.77 bits per heavy atom. The van der Waals surface area contributed by atoms with Gasteiger partial charge in [-0.3, -0.25) is 4.79 Å². The van der Waals surface area contributed by atoms with Crippen molar-refractivity contribution in [3.05, 3.63) is 53.5 Å². The first-order chi connectivity index (χ1) is 15.0. The topological polar surface area (TPSA) is 85.5 Å². The smallest absolute Gasteiger partial charge is 0.246 e. The van der Waals surface area contributed by atoms with Crippen LogP contribution in [0.4, 0.5) is 14.6 Å². The van der Waals surface area contributed by atoms with Gasteiger partial charge in [-0.2, -0.15) is 10.4 Å². The molecule has 1 unspecified atom stereocenters. The third-order valence-corrected chi connectivity index (χ3v) is 6.52. The molecule has 31 heavy (non-hydrogen) atoms. The minimum absolute atomic E-state index is 0.0850. The maximum absolute atomic E-state index is 13.7. The first-order valence-electron chi connectivity index (χ1n) is 10.3. The highest BCUT2D eigenvalue weighted by atomic mass is 19.1. The fourth-order valence-electron chi connectivity index (χ4n) is 5.13. The number of carbonyl (C=O) groups excluding carboxylic acids is 1. The maximum Gasteiger partial charge on any atom is 0.246 e. The van der Waals surface area contributed by atoms with Crippen LogP contribution in [0.1, 0.15) is 36.6 Å². The average molecular weight is 422 g/mol. The quantitative estimate of drug-likeness (QED) is 0.759. The highest BCUT2D eigenvalue weighted by Crippen LogP contribution is 2.44. The van der Waals surface area contributed by atoms with Crippen molar-refractivity contribution in [3.63, 3.8) is 0 Å². The van der Waals surface area contributed by atoms with Gasteiger partial charge in [-0.05, 0) is 42.4 Å². The Morgan fingerprint density at radius 3 is 2.45 bits per heavy atom. The van der Waals surface area contributed by atoms with E-state index in [4.69, 9.17) is 5.26 Å².